The number of rotatable bonds is 8. The number of benzene rings is 1. The van der Waals surface area contributed by atoms with Crippen molar-refractivity contribution in [1.29, 1.82) is 0 Å². The summed E-state index contributed by atoms with van der Waals surface area (Å²) in [5.41, 5.74) is 0. The highest BCUT2D eigenvalue weighted by Gasteiger charge is 2.63. The molecule has 1 aliphatic heterocycles. The molecule has 1 aromatic rings. The number of hydrogen-bond donors (Lipinski definition) is 6. The Kier molecular flexibility index (Phi) is 7.21. The van der Waals surface area contributed by atoms with E-state index < -0.39 is 60.9 Å². The summed E-state index contributed by atoms with van der Waals surface area (Å²) in [6, 6.07) is 3.61. The number of amides is 1. The molecule has 1 aliphatic rings. The monoisotopic (exact) mass is 433 g/mol. The second-order valence-corrected chi connectivity index (χ2v) is 6.84. The first-order valence-corrected chi connectivity index (χ1v) is 8.85. The van der Waals surface area contributed by atoms with Gasteiger partial charge in [-0.25, -0.2) is 9.18 Å². The first kappa shape index (κ1) is 23.8. The summed E-state index contributed by atoms with van der Waals surface area (Å²) < 4.78 is 30.9. The first-order valence-electron chi connectivity index (χ1n) is 8.85. The van der Waals surface area contributed by atoms with Crippen LogP contribution in [0.5, 0.6) is 11.5 Å². The zero-order valence-corrected chi connectivity index (χ0v) is 16.2. The van der Waals surface area contributed by atoms with Crippen molar-refractivity contribution >= 4 is 11.9 Å². The van der Waals surface area contributed by atoms with Crippen molar-refractivity contribution in [2.24, 2.45) is 0 Å². The molecule has 1 unspecified atom stereocenters. The Labute approximate surface area is 170 Å². The van der Waals surface area contributed by atoms with E-state index >= 15 is 4.39 Å². The summed E-state index contributed by atoms with van der Waals surface area (Å²) in [7, 11) is 1.35. The molecule has 0 aliphatic carbocycles. The summed E-state index contributed by atoms with van der Waals surface area (Å²) in [5.74, 6) is -8.82. The maximum atomic E-state index is 15.2. The molecule has 168 valence electrons. The van der Waals surface area contributed by atoms with E-state index in [1.807, 2.05) is 5.32 Å². The fraction of sp³-hybridized carbons (Fsp3) is 0.556. The molecule has 1 fully saturated rings. The molecule has 0 aromatic heterocycles. The zero-order chi connectivity index (χ0) is 22.7. The summed E-state index contributed by atoms with van der Waals surface area (Å²) in [6.07, 6.45) is -7.30. The van der Waals surface area contributed by atoms with E-state index in [9.17, 15) is 30.0 Å². The first-order chi connectivity index (χ1) is 14.0. The maximum Gasteiger partial charge on any atom is 0.377 e. The van der Waals surface area contributed by atoms with Gasteiger partial charge in [0.25, 0.3) is 0 Å². The molecule has 1 aromatic carbocycles. The Bertz CT molecular complexity index is 775. The van der Waals surface area contributed by atoms with Gasteiger partial charge < -0.3 is 45.1 Å². The van der Waals surface area contributed by atoms with Crippen LogP contribution >= 0.6 is 0 Å². The number of carboxylic acid groups (broad SMARTS) is 1. The van der Waals surface area contributed by atoms with Gasteiger partial charge in [0.15, 0.2) is 0 Å². The van der Waals surface area contributed by atoms with Crippen molar-refractivity contribution in [3.8, 4) is 11.5 Å². The van der Waals surface area contributed by atoms with Gasteiger partial charge in [0.1, 0.15) is 35.9 Å². The Hall–Kier alpha value is -2.51. The number of nitrogens with one attached hydrogen (secondary N) is 1. The average molecular weight is 433 g/mol. The van der Waals surface area contributed by atoms with Crippen LogP contribution in [0.15, 0.2) is 24.3 Å². The second kappa shape index (κ2) is 9.10. The van der Waals surface area contributed by atoms with Crippen LogP contribution in [0.25, 0.3) is 0 Å². The third kappa shape index (κ3) is 4.96. The largest absolute Gasteiger partial charge is 0.497 e. The quantitative estimate of drug-likeness (QED) is 0.284. The van der Waals surface area contributed by atoms with Crippen LogP contribution in [0.1, 0.15) is 13.3 Å². The molecule has 2 rings (SSSR count). The third-order valence-corrected chi connectivity index (χ3v) is 4.54. The van der Waals surface area contributed by atoms with Gasteiger partial charge in [0.05, 0.1) is 20.1 Å². The number of hydrogen-bond acceptors (Lipinski definition) is 9. The van der Waals surface area contributed by atoms with Gasteiger partial charge in [-0.15, -0.1) is 0 Å². The standard InChI is InChI=1S/C18H24FNO10/c1-9(22)20-15-14(13(24)12(23)7-21)30-18(16(25)26,8-17(15,19)27)29-11-5-3-4-10(6-11)28-2/h3-6,12-15,21,23-24,27H,7-8H2,1-2H3,(H,20,22)(H,25,26)/t12-,13-,14+,15+,17+,18?/m1/s1. The van der Waals surface area contributed by atoms with Gasteiger partial charge in [-0.1, -0.05) is 6.07 Å². The molecule has 30 heavy (non-hydrogen) atoms. The van der Waals surface area contributed by atoms with Crippen LogP contribution < -0.4 is 14.8 Å². The van der Waals surface area contributed by atoms with E-state index in [4.69, 9.17) is 19.3 Å². The number of carbonyl (C=O) groups is 2. The summed E-state index contributed by atoms with van der Waals surface area (Å²) in [5, 5.41) is 51.2. The topological polar surface area (TPSA) is 175 Å². The maximum absolute atomic E-state index is 15.2. The predicted molar refractivity (Wildman–Crippen MR) is 96.2 cm³/mol. The van der Waals surface area contributed by atoms with Gasteiger partial charge in [0, 0.05) is 13.0 Å². The molecule has 1 amide bonds. The summed E-state index contributed by atoms with van der Waals surface area (Å²) in [6.45, 7) is 0.00311. The lowest BCUT2D eigenvalue weighted by molar-refractivity contribution is -0.325. The number of carboxylic acids is 1. The predicted octanol–water partition coefficient (Wildman–Crippen LogP) is -1.48. The van der Waals surface area contributed by atoms with Crippen LogP contribution in [-0.4, -0.2) is 87.1 Å². The summed E-state index contributed by atoms with van der Waals surface area (Å²) in [4.78, 5) is 23.5. The van der Waals surface area contributed by atoms with Crippen LogP contribution in [0.4, 0.5) is 4.39 Å². The molecular formula is C18H24FNO10. The zero-order valence-electron chi connectivity index (χ0n) is 16.2. The highest BCUT2D eigenvalue weighted by molar-refractivity contribution is 5.77. The van der Waals surface area contributed by atoms with Gasteiger partial charge in [0.2, 0.25) is 11.8 Å². The second-order valence-electron chi connectivity index (χ2n) is 6.84. The van der Waals surface area contributed by atoms with Crippen molar-refractivity contribution in [2.45, 2.75) is 49.3 Å². The van der Waals surface area contributed by atoms with Crippen molar-refractivity contribution in [3.63, 3.8) is 0 Å². The van der Waals surface area contributed by atoms with E-state index in [1.54, 1.807) is 0 Å². The molecule has 1 saturated heterocycles. The lowest BCUT2D eigenvalue weighted by atomic mass is 9.86. The molecule has 6 atom stereocenters. The minimum Gasteiger partial charge on any atom is -0.497 e. The molecule has 0 bridgehead atoms. The molecule has 0 saturated carbocycles. The summed E-state index contributed by atoms with van der Waals surface area (Å²) >= 11 is 0. The highest BCUT2D eigenvalue weighted by Crippen LogP contribution is 2.41. The molecule has 0 radical (unpaired) electrons. The number of ether oxygens (including phenoxy) is 3. The van der Waals surface area contributed by atoms with Crippen LogP contribution in [0, 0.1) is 0 Å². The van der Waals surface area contributed by atoms with E-state index in [0.29, 0.717) is 0 Å². The highest BCUT2D eigenvalue weighted by atomic mass is 19.2. The molecule has 11 nitrogen and oxygen atoms in total. The van der Waals surface area contributed by atoms with E-state index in [1.165, 1.54) is 31.4 Å². The van der Waals surface area contributed by atoms with Gasteiger partial charge in [-0.05, 0) is 12.1 Å². The fourth-order valence-electron chi connectivity index (χ4n) is 3.11. The minimum absolute atomic E-state index is 0.124. The molecule has 12 heteroatoms. The van der Waals surface area contributed by atoms with Crippen LogP contribution in [0.3, 0.4) is 0 Å². The molecule has 0 spiro atoms. The van der Waals surface area contributed by atoms with Gasteiger partial charge >= 0.3 is 11.8 Å². The van der Waals surface area contributed by atoms with Crippen molar-refractivity contribution in [2.75, 3.05) is 13.7 Å². The van der Waals surface area contributed by atoms with E-state index in [0.717, 1.165) is 6.92 Å². The average Bonchev–Trinajstić information content (AvgIpc) is 2.68. The number of carbonyl (C=O) groups excluding carboxylic acids is 1. The third-order valence-electron chi connectivity index (χ3n) is 4.54. The van der Waals surface area contributed by atoms with Crippen molar-refractivity contribution in [1.82, 2.24) is 5.32 Å². The number of alkyl halides is 1. The van der Waals surface area contributed by atoms with E-state index in [2.05, 4.69) is 0 Å². The number of aliphatic hydroxyl groups is 4. The molecule has 6 N–H and O–H groups in total. The number of halogens is 1. The Morgan fingerprint density at radius 2 is 2.00 bits per heavy atom. The fourth-order valence-corrected chi connectivity index (χ4v) is 3.11. The van der Waals surface area contributed by atoms with E-state index in [-0.39, 0.29) is 11.5 Å². The van der Waals surface area contributed by atoms with Gasteiger partial charge in [-0.3, -0.25) is 4.79 Å². The number of aliphatic carboxylic acids is 1. The Balaban J connectivity index is 2.50. The Morgan fingerprint density at radius 1 is 1.37 bits per heavy atom. The number of methoxy groups -OCH3 is 1. The lowest BCUT2D eigenvalue weighted by Gasteiger charge is -2.48. The lowest BCUT2D eigenvalue weighted by Crippen LogP contribution is -2.72. The SMILES string of the molecule is COc1cccc(OC2(C(=O)O)C[C@@](O)(F)[C@@H](NC(C)=O)[C@H]([C@H](O)[C@H](O)CO)O2)c1. The van der Waals surface area contributed by atoms with Crippen LogP contribution in [0.2, 0.25) is 0 Å². The normalized spacial score (nSPS) is 30.8. The van der Waals surface area contributed by atoms with Gasteiger partial charge in [-0.2, -0.15) is 0 Å². The van der Waals surface area contributed by atoms with Crippen molar-refractivity contribution in [3.05, 3.63) is 24.3 Å². The minimum atomic E-state index is -3.44. The molecular weight excluding hydrogens is 409 g/mol. The Morgan fingerprint density at radius 3 is 2.53 bits per heavy atom. The smallest absolute Gasteiger partial charge is 0.377 e. The van der Waals surface area contributed by atoms with Crippen molar-refractivity contribution < 1.29 is 53.7 Å². The number of aliphatic hydroxyl groups excluding tert-OH is 3. The molecule has 1 heterocycles. The van der Waals surface area contributed by atoms with Crippen LogP contribution in [-0.2, 0) is 14.3 Å².